The predicted molar refractivity (Wildman–Crippen MR) is 58.8 cm³/mol. The molecule has 0 aromatic carbocycles. The summed E-state index contributed by atoms with van der Waals surface area (Å²) < 4.78 is 0. The second kappa shape index (κ2) is 12.8. The van der Waals surface area contributed by atoms with E-state index in [4.69, 9.17) is 11.6 Å². The number of hydrogen-bond acceptors (Lipinski definition) is 5. The second-order valence-corrected chi connectivity index (χ2v) is 3.22. The predicted octanol–water partition coefficient (Wildman–Crippen LogP) is -0.815. The van der Waals surface area contributed by atoms with Crippen molar-refractivity contribution in [1.82, 2.24) is 10.6 Å². The van der Waals surface area contributed by atoms with Gasteiger partial charge in [-0.3, -0.25) is 0 Å². The molecule has 0 heterocycles. The van der Waals surface area contributed by atoms with Crippen molar-refractivity contribution >= 4 is 0 Å². The van der Waals surface area contributed by atoms with Gasteiger partial charge in [0.25, 0.3) is 0 Å². The van der Waals surface area contributed by atoms with E-state index in [9.17, 15) is 0 Å². The van der Waals surface area contributed by atoms with Gasteiger partial charge in [0.2, 0.25) is 0 Å². The van der Waals surface area contributed by atoms with Crippen LogP contribution in [0.1, 0.15) is 19.3 Å². The number of rotatable bonds is 11. The molecule has 86 valence electrons. The SMILES string of the molecule is NCCCNCCCCNCCON. The van der Waals surface area contributed by atoms with Crippen LogP contribution in [-0.4, -0.2) is 39.3 Å². The molecule has 0 aromatic rings. The molecule has 0 aliphatic carbocycles. The van der Waals surface area contributed by atoms with Gasteiger partial charge in [0, 0.05) is 6.54 Å². The van der Waals surface area contributed by atoms with Crippen LogP contribution < -0.4 is 22.3 Å². The molecule has 5 heteroatoms. The van der Waals surface area contributed by atoms with E-state index in [2.05, 4.69) is 15.5 Å². The summed E-state index contributed by atoms with van der Waals surface area (Å²) in [5, 5.41) is 6.57. The number of nitrogens with two attached hydrogens (primary N) is 2. The van der Waals surface area contributed by atoms with Gasteiger partial charge in [-0.25, -0.2) is 5.90 Å². The summed E-state index contributed by atoms with van der Waals surface area (Å²) in [5.74, 6) is 4.88. The molecule has 0 bridgehead atoms. The lowest BCUT2D eigenvalue weighted by atomic mass is 10.3. The number of unbranched alkanes of at least 4 members (excludes halogenated alkanes) is 1. The van der Waals surface area contributed by atoms with E-state index in [1.54, 1.807) is 0 Å². The molecule has 6 N–H and O–H groups in total. The lowest BCUT2D eigenvalue weighted by Crippen LogP contribution is -2.24. The zero-order valence-electron chi connectivity index (χ0n) is 8.93. The highest BCUT2D eigenvalue weighted by atomic mass is 16.6. The maximum Gasteiger partial charge on any atom is 0.0803 e. The Morgan fingerprint density at radius 2 is 1.43 bits per heavy atom. The Morgan fingerprint density at radius 3 is 2.00 bits per heavy atom. The maximum atomic E-state index is 5.37. The first-order valence-electron chi connectivity index (χ1n) is 5.35. The van der Waals surface area contributed by atoms with Crippen molar-refractivity contribution in [1.29, 1.82) is 0 Å². The van der Waals surface area contributed by atoms with E-state index in [0.29, 0.717) is 6.61 Å². The molecule has 0 unspecified atom stereocenters. The number of hydrogen-bond donors (Lipinski definition) is 4. The quantitative estimate of drug-likeness (QED) is 0.261. The van der Waals surface area contributed by atoms with Crippen molar-refractivity contribution in [2.45, 2.75) is 19.3 Å². The van der Waals surface area contributed by atoms with Crippen LogP contribution in [0.2, 0.25) is 0 Å². The molecule has 0 atom stereocenters. The molecule has 0 rings (SSSR count). The monoisotopic (exact) mass is 204 g/mol. The van der Waals surface area contributed by atoms with E-state index in [-0.39, 0.29) is 0 Å². The Morgan fingerprint density at radius 1 is 0.857 bits per heavy atom. The van der Waals surface area contributed by atoms with Gasteiger partial charge in [0.15, 0.2) is 0 Å². The van der Waals surface area contributed by atoms with Crippen LogP contribution in [0, 0.1) is 0 Å². The number of nitrogens with one attached hydrogen (secondary N) is 2. The molecule has 0 aromatic heterocycles. The molecule has 0 radical (unpaired) electrons. The van der Waals surface area contributed by atoms with Gasteiger partial charge in [-0.15, -0.1) is 0 Å². The molecule has 5 nitrogen and oxygen atoms in total. The van der Waals surface area contributed by atoms with E-state index < -0.39 is 0 Å². The second-order valence-electron chi connectivity index (χ2n) is 3.22. The highest BCUT2D eigenvalue weighted by molar-refractivity contribution is 4.51. The molecule has 0 amide bonds. The summed E-state index contributed by atoms with van der Waals surface area (Å²) in [6.45, 7) is 5.32. The fourth-order valence-electron chi connectivity index (χ4n) is 1.11. The fourth-order valence-corrected chi connectivity index (χ4v) is 1.11. The molecule has 0 fully saturated rings. The van der Waals surface area contributed by atoms with E-state index >= 15 is 0 Å². The average Bonchev–Trinajstić information content (AvgIpc) is 2.21. The molecule has 0 saturated carbocycles. The topological polar surface area (TPSA) is 85.3 Å². The average molecular weight is 204 g/mol. The first-order valence-corrected chi connectivity index (χ1v) is 5.35. The fraction of sp³-hybridized carbons (Fsp3) is 1.00. The highest BCUT2D eigenvalue weighted by Crippen LogP contribution is 1.84. The van der Waals surface area contributed by atoms with E-state index in [1.165, 1.54) is 12.8 Å². The minimum absolute atomic E-state index is 0.578. The Labute approximate surface area is 86.5 Å². The molecule has 14 heavy (non-hydrogen) atoms. The Balaban J connectivity index is 2.78. The standard InChI is InChI=1S/C9H24N4O/c10-4-3-7-12-5-1-2-6-13-8-9-14-11/h12-13H,1-11H2. The molecular formula is C9H24N4O. The Hall–Kier alpha value is -0.200. The highest BCUT2D eigenvalue weighted by Gasteiger charge is 1.89. The van der Waals surface area contributed by atoms with Gasteiger partial charge >= 0.3 is 0 Å². The minimum atomic E-state index is 0.578. The summed E-state index contributed by atoms with van der Waals surface area (Å²) in [6, 6.07) is 0. The minimum Gasteiger partial charge on any atom is -0.330 e. The van der Waals surface area contributed by atoms with E-state index in [0.717, 1.165) is 39.1 Å². The third-order valence-corrected chi connectivity index (χ3v) is 1.91. The Bertz CT molecular complexity index is 90.8. The van der Waals surface area contributed by atoms with Crippen molar-refractivity contribution in [3.8, 4) is 0 Å². The van der Waals surface area contributed by atoms with Crippen LogP contribution >= 0.6 is 0 Å². The third-order valence-electron chi connectivity index (χ3n) is 1.91. The summed E-state index contributed by atoms with van der Waals surface area (Å²) in [6.07, 6.45) is 3.44. The molecule has 0 saturated heterocycles. The first-order chi connectivity index (χ1) is 6.91. The smallest absolute Gasteiger partial charge is 0.0803 e. The summed E-state index contributed by atoms with van der Waals surface area (Å²) in [5.41, 5.74) is 5.37. The zero-order valence-corrected chi connectivity index (χ0v) is 8.93. The van der Waals surface area contributed by atoms with Crippen LogP contribution in [-0.2, 0) is 4.84 Å². The normalized spacial score (nSPS) is 10.7. The van der Waals surface area contributed by atoms with Gasteiger partial charge in [-0.2, -0.15) is 0 Å². The van der Waals surface area contributed by atoms with Crippen LogP contribution in [0.15, 0.2) is 0 Å². The van der Waals surface area contributed by atoms with Crippen LogP contribution in [0.3, 0.4) is 0 Å². The zero-order chi connectivity index (χ0) is 10.5. The molecule has 0 spiro atoms. The van der Waals surface area contributed by atoms with Crippen LogP contribution in [0.4, 0.5) is 0 Å². The Kier molecular flexibility index (Phi) is 12.6. The maximum absolute atomic E-state index is 5.37. The summed E-state index contributed by atoms with van der Waals surface area (Å²) >= 11 is 0. The van der Waals surface area contributed by atoms with Crippen molar-refractivity contribution < 1.29 is 4.84 Å². The largest absolute Gasteiger partial charge is 0.330 e. The van der Waals surface area contributed by atoms with Gasteiger partial charge in [0.1, 0.15) is 0 Å². The van der Waals surface area contributed by atoms with Crippen molar-refractivity contribution in [2.75, 3.05) is 39.3 Å². The third kappa shape index (κ3) is 11.8. The molecule has 0 aliphatic rings. The summed E-state index contributed by atoms with van der Waals surface area (Å²) in [7, 11) is 0. The van der Waals surface area contributed by atoms with Gasteiger partial charge in [-0.05, 0) is 45.4 Å². The lowest BCUT2D eigenvalue weighted by Gasteiger charge is -2.04. The van der Waals surface area contributed by atoms with Gasteiger partial charge < -0.3 is 21.2 Å². The van der Waals surface area contributed by atoms with Crippen molar-refractivity contribution in [3.05, 3.63) is 0 Å². The first kappa shape index (κ1) is 13.8. The molecular weight excluding hydrogens is 180 g/mol. The summed E-state index contributed by atoms with van der Waals surface area (Å²) in [4.78, 5) is 4.43. The van der Waals surface area contributed by atoms with E-state index in [1.807, 2.05) is 0 Å². The van der Waals surface area contributed by atoms with Gasteiger partial charge in [-0.1, -0.05) is 0 Å². The lowest BCUT2D eigenvalue weighted by molar-refractivity contribution is 0.140. The van der Waals surface area contributed by atoms with Crippen molar-refractivity contribution in [2.24, 2.45) is 11.6 Å². The van der Waals surface area contributed by atoms with Crippen molar-refractivity contribution in [3.63, 3.8) is 0 Å². The van der Waals surface area contributed by atoms with Gasteiger partial charge in [0.05, 0.1) is 6.61 Å². The van der Waals surface area contributed by atoms with Crippen LogP contribution in [0.25, 0.3) is 0 Å². The molecule has 0 aliphatic heterocycles. The van der Waals surface area contributed by atoms with Crippen LogP contribution in [0.5, 0.6) is 0 Å².